The van der Waals surface area contributed by atoms with Crippen LogP contribution in [0.4, 0.5) is 5.69 Å². The van der Waals surface area contributed by atoms with Crippen LogP contribution < -0.4 is 9.64 Å². The number of carbonyl (C=O) groups excluding carboxylic acids is 1. The number of hydrogen-bond donors (Lipinski definition) is 1. The van der Waals surface area contributed by atoms with Crippen LogP contribution in [0, 0.1) is 0 Å². The number of ether oxygens (including phenoxy) is 1. The maximum absolute atomic E-state index is 11.5. The normalized spacial score (nSPS) is 11.1. The minimum Gasteiger partial charge on any atom is -0.425 e. The second kappa shape index (κ2) is 6.39. The monoisotopic (exact) mass is 335 g/mol. The number of benzene rings is 2. The van der Waals surface area contributed by atoms with Crippen molar-refractivity contribution in [2.75, 3.05) is 19.0 Å². The van der Waals surface area contributed by atoms with Crippen LogP contribution in [0.1, 0.15) is 6.92 Å². The molecule has 0 saturated carbocycles. The number of nitrogens with zero attached hydrogens (tertiary/aromatic N) is 1. The van der Waals surface area contributed by atoms with Crippen LogP contribution in [0.25, 0.3) is 11.1 Å². The van der Waals surface area contributed by atoms with E-state index in [1.165, 1.54) is 12.1 Å². The van der Waals surface area contributed by atoms with Gasteiger partial charge in [-0.2, -0.15) is 8.42 Å². The Kier molecular flexibility index (Phi) is 4.72. The molecule has 0 amide bonds. The summed E-state index contributed by atoms with van der Waals surface area (Å²) in [4.78, 5) is 12.5. The summed E-state index contributed by atoms with van der Waals surface area (Å²) in [6.07, 6.45) is 0. The number of rotatable bonds is 4. The highest BCUT2D eigenvalue weighted by molar-refractivity contribution is 7.86. The summed E-state index contributed by atoms with van der Waals surface area (Å²) in [7, 11) is -0.685. The molecule has 7 heteroatoms. The molecule has 0 aliphatic heterocycles. The smallest absolute Gasteiger partial charge is 0.308 e. The molecule has 23 heavy (non-hydrogen) atoms. The molecular formula is C16H17NO5S. The Labute approximate surface area is 135 Å². The topological polar surface area (TPSA) is 83.9 Å². The summed E-state index contributed by atoms with van der Waals surface area (Å²) in [5.74, 6) is -0.869. The summed E-state index contributed by atoms with van der Waals surface area (Å²) >= 11 is 0. The van der Waals surface area contributed by atoms with Crippen molar-refractivity contribution in [3.8, 4) is 16.9 Å². The first-order valence-electron chi connectivity index (χ1n) is 6.76. The molecule has 122 valence electrons. The predicted octanol–water partition coefficient (Wildman–Crippen LogP) is 2.59. The number of esters is 1. The van der Waals surface area contributed by atoms with Gasteiger partial charge in [-0.15, -0.1) is 0 Å². The van der Waals surface area contributed by atoms with E-state index in [1.807, 2.05) is 43.3 Å². The van der Waals surface area contributed by atoms with Crippen molar-refractivity contribution < 1.29 is 22.5 Å². The van der Waals surface area contributed by atoms with Crippen molar-refractivity contribution in [2.24, 2.45) is 0 Å². The maximum Gasteiger partial charge on any atom is 0.308 e. The fourth-order valence-corrected chi connectivity index (χ4v) is 2.72. The lowest BCUT2D eigenvalue weighted by Gasteiger charge is -2.13. The van der Waals surface area contributed by atoms with E-state index in [0.29, 0.717) is 5.56 Å². The second-order valence-corrected chi connectivity index (χ2v) is 6.56. The SMILES string of the molecule is CC(=O)Oc1ccc(-c2ccc(N(C)C)cc2)cc1S(=O)(=O)O. The van der Waals surface area contributed by atoms with Crippen LogP contribution in [0.5, 0.6) is 5.75 Å². The third-order valence-corrected chi connectivity index (χ3v) is 4.07. The Bertz CT molecular complexity index is 826. The molecule has 0 unspecified atom stereocenters. The highest BCUT2D eigenvalue weighted by Crippen LogP contribution is 2.31. The van der Waals surface area contributed by atoms with E-state index in [-0.39, 0.29) is 5.75 Å². The first-order valence-corrected chi connectivity index (χ1v) is 8.20. The van der Waals surface area contributed by atoms with Crippen LogP contribution in [0.2, 0.25) is 0 Å². The van der Waals surface area contributed by atoms with Gasteiger partial charge in [0.2, 0.25) is 0 Å². The van der Waals surface area contributed by atoms with E-state index in [0.717, 1.165) is 18.2 Å². The molecule has 6 nitrogen and oxygen atoms in total. The molecule has 2 rings (SSSR count). The second-order valence-electron chi connectivity index (χ2n) is 5.17. The fraction of sp³-hybridized carbons (Fsp3) is 0.188. The molecule has 1 N–H and O–H groups in total. The number of hydrogen-bond acceptors (Lipinski definition) is 5. The summed E-state index contributed by atoms with van der Waals surface area (Å²) in [5, 5.41) is 0. The molecule has 0 heterocycles. The lowest BCUT2D eigenvalue weighted by atomic mass is 10.1. The van der Waals surface area contributed by atoms with E-state index in [9.17, 15) is 17.8 Å². The predicted molar refractivity (Wildman–Crippen MR) is 87.3 cm³/mol. The van der Waals surface area contributed by atoms with Crippen molar-refractivity contribution in [1.29, 1.82) is 0 Å². The van der Waals surface area contributed by atoms with Gasteiger partial charge in [0.15, 0.2) is 5.75 Å². The highest BCUT2D eigenvalue weighted by Gasteiger charge is 2.19. The largest absolute Gasteiger partial charge is 0.425 e. The highest BCUT2D eigenvalue weighted by atomic mass is 32.2. The van der Waals surface area contributed by atoms with E-state index >= 15 is 0 Å². The van der Waals surface area contributed by atoms with E-state index in [2.05, 4.69) is 0 Å². The molecule has 0 aromatic heterocycles. The van der Waals surface area contributed by atoms with Gasteiger partial charge in [0.1, 0.15) is 4.90 Å². The van der Waals surface area contributed by atoms with Gasteiger partial charge in [0.25, 0.3) is 10.1 Å². The third-order valence-electron chi connectivity index (χ3n) is 3.19. The van der Waals surface area contributed by atoms with Crippen LogP contribution in [0.3, 0.4) is 0 Å². The van der Waals surface area contributed by atoms with Gasteiger partial charge in [-0.1, -0.05) is 18.2 Å². The van der Waals surface area contributed by atoms with Gasteiger partial charge in [-0.3, -0.25) is 9.35 Å². The summed E-state index contributed by atoms with van der Waals surface area (Å²) in [6, 6.07) is 11.7. The quantitative estimate of drug-likeness (QED) is 0.525. The Hall–Kier alpha value is -2.38. The Morgan fingerprint density at radius 1 is 1.04 bits per heavy atom. The minimum absolute atomic E-state index is 0.200. The van der Waals surface area contributed by atoms with Crippen LogP contribution in [0.15, 0.2) is 47.4 Å². The first kappa shape index (κ1) is 17.0. The average Bonchev–Trinajstić information content (AvgIpc) is 2.46. The lowest BCUT2D eigenvalue weighted by molar-refractivity contribution is -0.132. The molecule has 0 fully saturated rings. The third kappa shape index (κ3) is 4.08. The molecule has 0 spiro atoms. The van der Waals surface area contributed by atoms with Crippen molar-refractivity contribution in [1.82, 2.24) is 0 Å². The summed E-state index contributed by atoms with van der Waals surface area (Å²) in [6.45, 7) is 1.15. The lowest BCUT2D eigenvalue weighted by Crippen LogP contribution is -2.08. The average molecular weight is 335 g/mol. The van der Waals surface area contributed by atoms with Crippen molar-refractivity contribution in [3.63, 3.8) is 0 Å². The van der Waals surface area contributed by atoms with Gasteiger partial charge < -0.3 is 9.64 Å². The molecule has 0 saturated heterocycles. The zero-order valence-corrected chi connectivity index (χ0v) is 13.8. The molecule has 0 aliphatic rings. The maximum atomic E-state index is 11.5. The standard InChI is InChI=1S/C16H17NO5S/c1-11(18)22-15-9-6-13(10-16(15)23(19,20)21)12-4-7-14(8-5-12)17(2)3/h4-10H,1-3H3,(H,19,20,21). The zero-order valence-electron chi connectivity index (χ0n) is 13.0. The molecular weight excluding hydrogens is 318 g/mol. The van der Waals surface area contributed by atoms with Crippen LogP contribution in [-0.4, -0.2) is 33.0 Å². The van der Waals surface area contributed by atoms with Gasteiger partial charge >= 0.3 is 5.97 Å². The van der Waals surface area contributed by atoms with Gasteiger partial charge in [-0.25, -0.2) is 0 Å². The molecule has 0 aliphatic carbocycles. The molecule has 0 bridgehead atoms. The van der Waals surface area contributed by atoms with Gasteiger partial charge in [-0.05, 0) is 35.4 Å². The number of carbonyl (C=O) groups is 1. The number of anilines is 1. The minimum atomic E-state index is -4.52. The summed E-state index contributed by atoms with van der Waals surface area (Å²) in [5.41, 5.74) is 2.36. The van der Waals surface area contributed by atoms with Crippen molar-refractivity contribution in [2.45, 2.75) is 11.8 Å². The van der Waals surface area contributed by atoms with Crippen LogP contribution in [-0.2, 0) is 14.9 Å². The molecule has 0 atom stereocenters. The van der Waals surface area contributed by atoms with Crippen LogP contribution >= 0.6 is 0 Å². The Balaban J connectivity index is 2.50. The van der Waals surface area contributed by atoms with E-state index in [1.54, 1.807) is 6.07 Å². The van der Waals surface area contributed by atoms with Gasteiger partial charge in [0, 0.05) is 26.7 Å². The van der Waals surface area contributed by atoms with E-state index in [4.69, 9.17) is 4.74 Å². The molecule has 2 aromatic carbocycles. The van der Waals surface area contributed by atoms with Gasteiger partial charge in [0.05, 0.1) is 0 Å². The van der Waals surface area contributed by atoms with Crippen molar-refractivity contribution in [3.05, 3.63) is 42.5 Å². The Morgan fingerprint density at radius 3 is 2.09 bits per heavy atom. The fourth-order valence-electron chi connectivity index (χ4n) is 2.08. The molecule has 0 radical (unpaired) electrons. The van der Waals surface area contributed by atoms with Crippen molar-refractivity contribution >= 4 is 21.8 Å². The van der Waals surface area contributed by atoms with E-state index < -0.39 is 21.0 Å². The summed E-state index contributed by atoms with van der Waals surface area (Å²) < 4.78 is 37.2. The zero-order chi connectivity index (χ0) is 17.2. The molecule has 2 aromatic rings. The first-order chi connectivity index (χ1) is 10.7. The Morgan fingerprint density at radius 2 is 1.61 bits per heavy atom.